The van der Waals surface area contributed by atoms with Crippen molar-refractivity contribution in [2.75, 3.05) is 33.6 Å². The molecule has 1 aromatic rings. The van der Waals surface area contributed by atoms with Crippen molar-refractivity contribution >= 4 is 5.91 Å². The number of nitrogens with one attached hydrogen (secondary N) is 2. The van der Waals surface area contributed by atoms with E-state index in [2.05, 4.69) is 10.6 Å². The summed E-state index contributed by atoms with van der Waals surface area (Å²) in [7, 11) is 1.65. The lowest BCUT2D eigenvalue weighted by Crippen LogP contribution is -2.34. The average Bonchev–Trinajstić information content (AvgIpc) is 2.93. The van der Waals surface area contributed by atoms with E-state index in [1.165, 1.54) is 0 Å². The Hall–Kier alpha value is -1.79. The van der Waals surface area contributed by atoms with Gasteiger partial charge in [0.25, 0.3) is 0 Å². The van der Waals surface area contributed by atoms with Gasteiger partial charge >= 0.3 is 0 Å². The van der Waals surface area contributed by atoms with Gasteiger partial charge in [-0.2, -0.15) is 0 Å². The summed E-state index contributed by atoms with van der Waals surface area (Å²) in [5.74, 6) is 1.50. The van der Waals surface area contributed by atoms with Crippen molar-refractivity contribution in [3.63, 3.8) is 0 Å². The fourth-order valence-corrected chi connectivity index (χ4v) is 1.95. The van der Waals surface area contributed by atoms with Crippen LogP contribution in [0.15, 0.2) is 18.2 Å². The molecular formula is C14H20N2O4. The minimum atomic E-state index is -0.0224. The number of ether oxygens (including phenoxy) is 3. The van der Waals surface area contributed by atoms with Crippen LogP contribution in [0.4, 0.5) is 0 Å². The molecule has 6 nitrogen and oxygen atoms in total. The molecule has 0 spiro atoms. The fraction of sp³-hybridized carbons (Fsp3) is 0.500. The molecule has 0 radical (unpaired) electrons. The lowest BCUT2D eigenvalue weighted by atomic mass is 10.2. The Labute approximate surface area is 118 Å². The van der Waals surface area contributed by atoms with Gasteiger partial charge in [-0.15, -0.1) is 0 Å². The summed E-state index contributed by atoms with van der Waals surface area (Å²) in [6, 6.07) is 5.74. The summed E-state index contributed by atoms with van der Waals surface area (Å²) >= 11 is 0. The van der Waals surface area contributed by atoms with Gasteiger partial charge in [-0.3, -0.25) is 4.79 Å². The van der Waals surface area contributed by atoms with Crippen molar-refractivity contribution in [3.05, 3.63) is 23.8 Å². The molecule has 20 heavy (non-hydrogen) atoms. The van der Waals surface area contributed by atoms with Crippen molar-refractivity contribution in [1.29, 1.82) is 0 Å². The maximum atomic E-state index is 11.6. The standard InChI is InChI=1S/C14H20N2O4/c1-18-7-3-6-16-13(17)9-15-8-11-4-2-5-12-14(11)20-10-19-12/h2,4-5,15H,3,6-10H2,1H3,(H,16,17). The van der Waals surface area contributed by atoms with Crippen molar-refractivity contribution < 1.29 is 19.0 Å². The van der Waals surface area contributed by atoms with E-state index in [1.54, 1.807) is 7.11 Å². The van der Waals surface area contributed by atoms with Crippen LogP contribution in [0.1, 0.15) is 12.0 Å². The first kappa shape index (κ1) is 14.6. The summed E-state index contributed by atoms with van der Waals surface area (Å²) < 4.78 is 15.6. The molecule has 0 unspecified atom stereocenters. The SMILES string of the molecule is COCCCNC(=O)CNCc1cccc2c1OCO2. The van der Waals surface area contributed by atoms with E-state index in [0.29, 0.717) is 19.7 Å². The second-order valence-corrected chi connectivity index (χ2v) is 4.45. The number of rotatable bonds is 8. The minimum absolute atomic E-state index is 0.0224. The third-order valence-corrected chi connectivity index (χ3v) is 2.93. The Morgan fingerprint density at radius 3 is 3.15 bits per heavy atom. The third-order valence-electron chi connectivity index (χ3n) is 2.93. The molecule has 1 aromatic carbocycles. The molecule has 0 aromatic heterocycles. The van der Waals surface area contributed by atoms with Crippen LogP contribution < -0.4 is 20.1 Å². The predicted molar refractivity (Wildman–Crippen MR) is 73.8 cm³/mol. The van der Waals surface area contributed by atoms with Gasteiger partial charge in [-0.1, -0.05) is 12.1 Å². The first-order valence-corrected chi connectivity index (χ1v) is 6.65. The van der Waals surface area contributed by atoms with Crippen LogP contribution in [0.3, 0.4) is 0 Å². The molecule has 6 heteroatoms. The number of para-hydroxylation sites is 1. The molecular weight excluding hydrogens is 260 g/mol. The maximum Gasteiger partial charge on any atom is 0.233 e. The van der Waals surface area contributed by atoms with Crippen molar-refractivity contribution in [1.82, 2.24) is 10.6 Å². The normalized spacial score (nSPS) is 12.4. The molecule has 0 saturated carbocycles. The number of methoxy groups -OCH3 is 1. The van der Waals surface area contributed by atoms with Crippen LogP contribution >= 0.6 is 0 Å². The van der Waals surface area contributed by atoms with Crippen LogP contribution in [0.5, 0.6) is 11.5 Å². The van der Waals surface area contributed by atoms with Gasteiger partial charge in [-0.25, -0.2) is 0 Å². The van der Waals surface area contributed by atoms with Crippen molar-refractivity contribution in [2.24, 2.45) is 0 Å². The molecule has 2 rings (SSSR count). The minimum Gasteiger partial charge on any atom is -0.454 e. The first-order valence-electron chi connectivity index (χ1n) is 6.65. The number of benzene rings is 1. The number of carbonyl (C=O) groups is 1. The first-order chi connectivity index (χ1) is 9.81. The van der Waals surface area contributed by atoms with Gasteiger partial charge in [0.2, 0.25) is 12.7 Å². The molecule has 0 fully saturated rings. The Morgan fingerprint density at radius 2 is 2.30 bits per heavy atom. The molecule has 1 heterocycles. The smallest absolute Gasteiger partial charge is 0.233 e. The number of hydrogen-bond acceptors (Lipinski definition) is 5. The summed E-state index contributed by atoms with van der Waals surface area (Å²) in [6.45, 7) is 2.38. The van der Waals surface area contributed by atoms with Gasteiger partial charge in [0, 0.05) is 32.4 Å². The van der Waals surface area contributed by atoms with Crippen LogP contribution in [0.25, 0.3) is 0 Å². The monoisotopic (exact) mass is 280 g/mol. The zero-order valence-corrected chi connectivity index (χ0v) is 11.6. The molecule has 0 bridgehead atoms. The molecule has 0 saturated heterocycles. The second kappa shape index (κ2) is 7.72. The number of hydrogen-bond donors (Lipinski definition) is 2. The summed E-state index contributed by atoms with van der Waals surface area (Å²) in [4.78, 5) is 11.6. The Morgan fingerprint density at radius 1 is 1.40 bits per heavy atom. The zero-order chi connectivity index (χ0) is 14.2. The quantitative estimate of drug-likeness (QED) is 0.685. The van der Waals surface area contributed by atoms with E-state index in [-0.39, 0.29) is 19.2 Å². The molecule has 0 aliphatic carbocycles. The Bertz CT molecular complexity index is 451. The van der Waals surface area contributed by atoms with Crippen molar-refractivity contribution in [3.8, 4) is 11.5 Å². The van der Waals surface area contributed by atoms with E-state index >= 15 is 0 Å². The summed E-state index contributed by atoms with van der Waals surface area (Å²) in [5, 5.41) is 5.91. The second-order valence-electron chi connectivity index (χ2n) is 4.45. The highest BCUT2D eigenvalue weighted by atomic mass is 16.7. The van der Waals surface area contributed by atoms with E-state index in [4.69, 9.17) is 14.2 Å². The third kappa shape index (κ3) is 4.11. The highest BCUT2D eigenvalue weighted by molar-refractivity contribution is 5.77. The molecule has 2 N–H and O–H groups in total. The average molecular weight is 280 g/mol. The van der Waals surface area contributed by atoms with E-state index < -0.39 is 0 Å². The summed E-state index contributed by atoms with van der Waals surface area (Å²) in [6.07, 6.45) is 0.819. The molecule has 1 amide bonds. The number of fused-ring (bicyclic) bond motifs is 1. The number of amides is 1. The van der Waals surface area contributed by atoms with E-state index in [1.807, 2.05) is 18.2 Å². The lowest BCUT2D eigenvalue weighted by molar-refractivity contribution is -0.120. The van der Waals surface area contributed by atoms with Gasteiger partial charge in [0.05, 0.1) is 6.54 Å². The lowest BCUT2D eigenvalue weighted by Gasteiger charge is -2.08. The van der Waals surface area contributed by atoms with Crippen LogP contribution in [0.2, 0.25) is 0 Å². The van der Waals surface area contributed by atoms with E-state index in [9.17, 15) is 4.79 Å². The highest BCUT2D eigenvalue weighted by Gasteiger charge is 2.16. The molecule has 1 aliphatic heterocycles. The van der Waals surface area contributed by atoms with Gasteiger partial charge in [0.1, 0.15) is 0 Å². The van der Waals surface area contributed by atoms with Crippen LogP contribution in [-0.4, -0.2) is 39.5 Å². The van der Waals surface area contributed by atoms with Crippen LogP contribution in [-0.2, 0) is 16.1 Å². The number of carbonyl (C=O) groups excluding carboxylic acids is 1. The Balaban J connectivity index is 1.68. The topological polar surface area (TPSA) is 68.8 Å². The van der Waals surface area contributed by atoms with Gasteiger partial charge in [-0.05, 0) is 12.5 Å². The summed E-state index contributed by atoms with van der Waals surface area (Å²) in [5.41, 5.74) is 0.993. The highest BCUT2D eigenvalue weighted by Crippen LogP contribution is 2.35. The van der Waals surface area contributed by atoms with E-state index in [0.717, 1.165) is 23.5 Å². The van der Waals surface area contributed by atoms with Crippen LogP contribution in [0, 0.1) is 0 Å². The zero-order valence-electron chi connectivity index (χ0n) is 11.6. The van der Waals surface area contributed by atoms with Gasteiger partial charge in [0.15, 0.2) is 11.5 Å². The Kier molecular flexibility index (Phi) is 5.64. The fourth-order valence-electron chi connectivity index (χ4n) is 1.95. The van der Waals surface area contributed by atoms with Gasteiger partial charge < -0.3 is 24.8 Å². The maximum absolute atomic E-state index is 11.6. The van der Waals surface area contributed by atoms with Crippen molar-refractivity contribution in [2.45, 2.75) is 13.0 Å². The molecule has 110 valence electrons. The molecule has 1 aliphatic rings. The largest absolute Gasteiger partial charge is 0.454 e. The molecule has 0 atom stereocenters. The predicted octanol–water partition coefficient (Wildman–Crippen LogP) is 0.658.